The maximum Gasteiger partial charge on any atom is 0.0297 e. The predicted octanol–water partition coefficient (Wildman–Crippen LogP) is 3.13. The highest BCUT2D eigenvalue weighted by atomic mass is 15.2. The van der Waals surface area contributed by atoms with Gasteiger partial charge in [0, 0.05) is 18.6 Å². The number of aryl methyl sites for hydroxylation is 1. The maximum absolute atomic E-state index is 3.80. The Morgan fingerprint density at radius 3 is 2.89 bits per heavy atom. The van der Waals surface area contributed by atoms with Crippen molar-refractivity contribution >= 4 is 0 Å². The lowest BCUT2D eigenvalue weighted by molar-refractivity contribution is 0.192. The first kappa shape index (κ1) is 13.6. The van der Waals surface area contributed by atoms with Crippen LogP contribution in [0.2, 0.25) is 0 Å². The minimum Gasteiger partial charge on any atom is -0.306 e. The fourth-order valence-corrected chi connectivity index (χ4v) is 2.99. The van der Waals surface area contributed by atoms with Crippen molar-refractivity contribution in [1.29, 1.82) is 0 Å². The van der Waals surface area contributed by atoms with Crippen LogP contribution in [0.25, 0.3) is 0 Å². The van der Waals surface area contributed by atoms with E-state index in [1.807, 2.05) is 0 Å². The number of benzene rings is 1. The van der Waals surface area contributed by atoms with E-state index in [-0.39, 0.29) is 0 Å². The summed E-state index contributed by atoms with van der Waals surface area (Å²) in [6, 6.07) is 9.80. The first-order valence-corrected chi connectivity index (χ1v) is 7.24. The molecule has 2 atom stereocenters. The second kappa shape index (κ2) is 6.35. The van der Waals surface area contributed by atoms with Gasteiger partial charge in [0.05, 0.1) is 0 Å². The Hall–Kier alpha value is -0.860. The van der Waals surface area contributed by atoms with Gasteiger partial charge in [-0.05, 0) is 50.9 Å². The molecule has 1 aliphatic heterocycles. The maximum atomic E-state index is 3.80. The highest BCUT2D eigenvalue weighted by Gasteiger charge is 2.20. The molecule has 100 valence electrons. The Morgan fingerprint density at radius 2 is 2.17 bits per heavy atom. The number of nitrogens with one attached hydrogen (secondary N) is 1. The van der Waals surface area contributed by atoms with Crippen molar-refractivity contribution in [2.45, 2.75) is 45.7 Å². The van der Waals surface area contributed by atoms with E-state index in [1.165, 1.54) is 43.6 Å². The van der Waals surface area contributed by atoms with Gasteiger partial charge in [0.25, 0.3) is 0 Å². The number of likely N-dealkylation sites (tertiary alicyclic amines) is 1. The Kier molecular flexibility index (Phi) is 4.79. The van der Waals surface area contributed by atoms with Crippen molar-refractivity contribution in [3.05, 3.63) is 35.4 Å². The molecule has 1 heterocycles. The molecule has 1 aromatic carbocycles. The van der Waals surface area contributed by atoms with E-state index in [9.17, 15) is 0 Å². The van der Waals surface area contributed by atoms with Gasteiger partial charge in [0.15, 0.2) is 0 Å². The van der Waals surface area contributed by atoms with Gasteiger partial charge in [-0.3, -0.25) is 0 Å². The van der Waals surface area contributed by atoms with Crippen LogP contribution in [-0.4, -0.2) is 30.6 Å². The van der Waals surface area contributed by atoms with Crippen LogP contribution in [-0.2, 0) is 0 Å². The summed E-state index contributed by atoms with van der Waals surface area (Å²) >= 11 is 0. The molecule has 0 amide bonds. The standard InChI is InChI=1S/C16H26N2/c1-4-18-11-7-9-15(12-18)17-14(3)16-10-6-5-8-13(16)2/h5-6,8,10,14-15,17H,4,7,9,11-12H2,1-3H3. The molecule has 0 spiro atoms. The number of rotatable bonds is 4. The fraction of sp³-hybridized carbons (Fsp3) is 0.625. The predicted molar refractivity (Wildman–Crippen MR) is 77.9 cm³/mol. The summed E-state index contributed by atoms with van der Waals surface area (Å²) in [6.45, 7) is 10.4. The average molecular weight is 246 g/mol. The third-order valence-electron chi connectivity index (χ3n) is 4.09. The van der Waals surface area contributed by atoms with Gasteiger partial charge in [-0.2, -0.15) is 0 Å². The zero-order chi connectivity index (χ0) is 13.0. The van der Waals surface area contributed by atoms with E-state index in [2.05, 4.69) is 55.3 Å². The lowest BCUT2D eigenvalue weighted by atomic mass is 9.99. The van der Waals surface area contributed by atoms with Crippen molar-refractivity contribution < 1.29 is 0 Å². The molecule has 2 nitrogen and oxygen atoms in total. The highest BCUT2D eigenvalue weighted by molar-refractivity contribution is 5.28. The Morgan fingerprint density at radius 1 is 1.39 bits per heavy atom. The number of hydrogen-bond acceptors (Lipinski definition) is 2. The van der Waals surface area contributed by atoms with Gasteiger partial charge in [-0.25, -0.2) is 0 Å². The molecule has 1 saturated heterocycles. The third-order valence-corrected chi connectivity index (χ3v) is 4.09. The quantitative estimate of drug-likeness (QED) is 0.878. The van der Waals surface area contributed by atoms with Crippen LogP contribution in [0.1, 0.15) is 43.9 Å². The van der Waals surface area contributed by atoms with Gasteiger partial charge in [0.1, 0.15) is 0 Å². The monoisotopic (exact) mass is 246 g/mol. The van der Waals surface area contributed by atoms with E-state index in [1.54, 1.807) is 0 Å². The number of likely N-dealkylation sites (N-methyl/N-ethyl adjacent to an activating group) is 1. The van der Waals surface area contributed by atoms with Gasteiger partial charge >= 0.3 is 0 Å². The van der Waals surface area contributed by atoms with E-state index in [4.69, 9.17) is 0 Å². The SMILES string of the molecule is CCN1CCCC(NC(C)c2ccccc2C)C1. The lowest BCUT2D eigenvalue weighted by Gasteiger charge is -2.34. The number of hydrogen-bond donors (Lipinski definition) is 1. The summed E-state index contributed by atoms with van der Waals surface area (Å²) in [5.41, 5.74) is 2.83. The van der Waals surface area contributed by atoms with Crippen LogP contribution in [0.4, 0.5) is 0 Å². The molecule has 1 aromatic rings. The largest absolute Gasteiger partial charge is 0.306 e. The second-order valence-corrected chi connectivity index (χ2v) is 5.48. The van der Waals surface area contributed by atoms with Crippen molar-refractivity contribution in [2.24, 2.45) is 0 Å². The third kappa shape index (κ3) is 3.33. The molecule has 0 bridgehead atoms. The Labute approximate surface area is 111 Å². The van der Waals surface area contributed by atoms with Crippen LogP contribution in [0, 0.1) is 6.92 Å². The summed E-state index contributed by atoms with van der Waals surface area (Å²) in [5, 5.41) is 3.80. The smallest absolute Gasteiger partial charge is 0.0297 e. The summed E-state index contributed by atoms with van der Waals surface area (Å²) in [7, 11) is 0. The van der Waals surface area contributed by atoms with Crippen molar-refractivity contribution in [3.63, 3.8) is 0 Å². The van der Waals surface area contributed by atoms with Gasteiger partial charge in [-0.15, -0.1) is 0 Å². The lowest BCUT2D eigenvalue weighted by Crippen LogP contribution is -2.46. The summed E-state index contributed by atoms with van der Waals surface area (Å²) < 4.78 is 0. The topological polar surface area (TPSA) is 15.3 Å². The minimum absolute atomic E-state index is 0.452. The normalized spacial score (nSPS) is 22.9. The van der Waals surface area contributed by atoms with Crippen LogP contribution in [0.3, 0.4) is 0 Å². The minimum atomic E-state index is 0.452. The van der Waals surface area contributed by atoms with E-state index < -0.39 is 0 Å². The van der Waals surface area contributed by atoms with E-state index >= 15 is 0 Å². The first-order valence-electron chi connectivity index (χ1n) is 7.24. The van der Waals surface area contributed by atoms with E-state index in [0.717, 1.165) is 0 Å². The number of nitrogens with zero attached hydrogens (tertiary/aromatic N) is 1. The molecule has 2 unspecified atom stereocenters. The molecule has 0 radical (unpaired) electrons. The molecule has 0 saturated carbocycles. The van der Waals surface area contributed by atoms with Gasteiger partial charge < -0.3 is 10.2 Å². The molecule has 1 aliphatic rings. The number of piperidine rings is 1. The second-order valence-electron chi connectivity index (χ2n) is 5.48. The zero-order valence-electron chi connectivity index (χ0n) is 11.9. The van der Waals surface area contributed by atoms with Crippen LogP contribution < -0.4 is 5.32 Å². The Balaban J connectivity index is 1.95. The van der Waals surface area contributed by atoms with Crippen LogP contribution >= 0.6 is 0 Å². The molecule has 18 heavy (non-hydrogen) atoms. The Bertz CT molecular complexity index is 375. The summed E-state index contributed by atoms with van der Waals surface area (Å²) in [6.07, 6.45) is 2.64. The van der Waals surface area contributed by atoms with Crippen molar-refractivity contribution in [2.75, 3.05) is 19.6 Å². The van der Waals surface area contributed by atoms with Gasteiger partial charge in [-0.1, -0.05) is 31.2 Å². The first-order chi connectivity index (χ1) is 8.70. The molecule has 1 fully saturated rings. The van der Waals surface area contributed by atoms with Crippen LogP contribution in [0.15, 0.2) is 24.3 Å². The zero-order valence-corrected chi connectivity index (χ0v) is 11.9. The van der Waals surface area contributed by atoms with E-state index in [0.29, 0.717) is 12.1 Å². The molecule has 2 rings (SSSR count). The molecule has 1 N–H and O–H groups in total. The fourth-order valence-electron chi connectivity index (χ4n) is 2.99. The van der Waals surface area contributed by atoms with Crippen LogP contribution in [0.5, 0.6) is 0 Å². The molecule has 2 heteroatoms. The molecule has 0 aliphatic carbocycles. The van der Waals surface area contributed by atoms with Gasteiger partial charge in [0.2, 0.25) is 0 Å². The molecular weight excluding hydrogens is 220 g/mol. The highest BCUT2D eigenvalue weighted by Crippen LogP contribution is 2.19. The van der Waals surface area contributed by atoms with Crippen molar-refractivity contribution in [1.82, 2.24) is 10.2 Å². The average Bonchev–Trinajstić information content (AvgIpc) is 2.39. The summed E-state index contributed by atoms with van der Waals surface area (Å²) in [4.78, 5) is 2.55. The molecule has 0 aromatic heterocycles. The van der Waals surface area contributed by atoms with Crippen molar-refractivity contribution in [3.8, 4) is 0 Å². The summed E-state index contributed by atoms with van der Waals surface area (Å²) in [5.74, 6) is 0. The molecular formula is C16H26N2.